The van der Waals surface area contributed by atoms with Crippen LogP contribution in [0.25, 0.3) is 0 Å². The summed E-state index contributed by atoms with van der Waals surface area (Å²) in [6.45, 7) is 1.59. The second-order valence-corrected chi connectivity index (χ2v) is 10.3. The molecule has 10 heteroatoms. The van der Waals surface area contributed by atoms with E-state index in [9.17, 15) is 18.0 Å². The Balaban J connectivity index is 1.48. The Hall–Kier alpha value is -2.04. The molecule has 0 unspecified atom stereocenters. The number of carbonyl (C=O) groups excluding carboxylic acids is 1. The number of aromatic amines is 1. The van der Waals surface area contributed by atoms with Gasteiger partial charge in [-0.05, 0) is 17.9 Å². The van der Waals surface area contributed by atoms with E-state index in [1.807, 2.05) is 22.4 Å². The van der Waals surface area contributed by atoms with Crippen LogP contribution in [0.1, 0.15) is 34.3 Å². The number of fused-ring (bicyclic) bond motifs is 1. The van der Waals surface area contributed by atoms with Gasteiger partial charge < -0.3 is 9.88 Å². The van der Waals surface area contributed by atoms with E-state index in [0.29, 0.717) is 49.6 Å². The first-order chi connectivity index (χ1) is 13.3. The number of aromatic nitrogens is 2. The average molecular weight is 423 g/mol. The van der Waals surface area contributed by atoms with Crippen LogP contribution in [-0.4, -0.2) is 59.4 Å². The Morgan fingerprint density at radius 2 is 2.21 bits per heavy atom. The largest absolute Gasteiger partial charge is 0.342 e. The van der Waals surface area contributed by atoms with Crippen molar-refractivity contribution < 1.29 is 13.2 Å². The fourth-order valence-corrected chi connectivity index (χ4v) is 5.26. The van der Waals surface area contributed by atoms with Crippen molar-refractivity contribution in [3.05, 3.63) is 49.8 Å². The van der Waals surface area contributed by atoms with Gasteiger partial charge in [0.2, 0.25) is 15.9 Å². The van der Waals surface area contributed by atoms with Gasteiger partial charge in [0.05, 0.1) is 23.9 Å². The minimum atomic E-state index is -3.34. The molecule has 0 radical (unpaired) electrons. The van der Waals surface area contributed by atoms with E-state index >= 15 is 0 Å². The molecule has 1 amide bonds. The Morgan fingerprint density at radius 3 is 2.93 bits per heavy atom. The Bertz CT molecular complexity index is 1050. The maximum atomic E-state index is 12.5. The molecule has 0 saturated carbocycles. The van der Waals surface area contributed by atoms with Crippen molar-refractivity contribution >= 4 is 27.3 Å². The fraction of sp³-hybridized carbons (Fsp3) is 0.500. The maximum absolute atomic E-state index is 12.5. The van der Waals surface area contributed by atoms with Gasteiger partial charge in [0, 0.05) is 43.4 Å². The molecule has 150 valence electrons. The molecule has 2 aliphatic heterocycles. The highest BCUT2D eigenvalue weighted by Gasteiger charge is 2.31. The summed E-state index contributed by atoms with van der Waals surface area (Å²) in [5.74, 6) is 0.690. The summed E-state index contributed by atoms with van der Waals surface area (Å²) in [7, 11) is -3.34. The Labute approximate surface area is 167 Å². The number of hydrogen-bond acceptors (Lipinski definition) is 6. The average Bonchev–Trinajstić information content (AvgIpc) is 3.32. The van der Waals surface area contributed by atoms with Crippen LogP contribution in [0.3, 0.4) is 0 Å². The number of thiophene rings is 1. The van der Waals surface area contributed by atoms with Gasteiger partial charge >= 0.3 is 0 Å². The molecule has 4 rings (SSSR count). The molecule has 4 heterocycles. The van der Waals surface area contributed by atoms with Crippen molar-refractivity contribution in [3.8, 4) is 0 Å². The third-order valence-electron chi connectivity index (χ3n) is 5.35. The van der Waals surface area contributed by atoms with E-state index in [1.165, 1.54) is 4.31 Å². The van der Waals surface area contributed by atoms with Crippen LogP contribution >= 0.6 is 11.3 Å². The molecule has 28 heavy (non-hydrogen) atoms. The van der Waals surface area contributed by atoms with Crippen molar-refractivity contribution in [2.45, 2.75) is 31.7 Å². The van der Waals surface area contributed by atoms with Crippen LogP contribution < -0.4 is 5.56 Å². The van der Waals surface area contributed by atoms with Crippen molar-refractivity contribution in [1.29, 1.82) is 0 Å². The van der Waals surface area contributed by atoms with E-state index in [1.54, 1.807) is 11.3 Å². The molecule has 2 aromatic heterocycles. The summed E-state index contributed by atoms with van der Waals surface area (Å²) in [5.41, 5.74) is 0.808. The van der Waals surface area contributed by atoms with Crippen LogP contribution in [0, 0.1) is 0 Å². The summed E-state index contributed by atoms with van der Waals surface area (Å²) in [4.78, 5) is 35.4. The standard InChI is InChI=1S/C18H22N4O4S2/c1-28(25,26)22-7-5-15-14(11-22)18(24)20-17(19-15)12-4-6-21(10-12)16(23)9-13-3-2-8-27-13/h2-3,8,12H,4-7,9-11H2,1H3,(H,19,20,24)/t12-/m0/s1. The topological polar surface area (TPSA) is 103 Å². The van der Waals surface area contributed by atoms with Gasteiger partial charge in [-0.3, -0.25) is 9.59 Å². The van der Waals surface area contributed by atoms with Gasteiger partial charge in [0.15, 0.2) is 0 Å². The van der Waals surface area contributed by atoms with E-state index in [-0.39, 0.29) is 23.9 Å². The van der Waals surface area contributed by atoms with Gasteiger partial charge in [0.25, 0.3) is 5.56 Å². The highest BCUT2D eigenvalue weighted by atomic mass is 32.2. The molecular weight excluding hydrogens is 400 g/mol. The Kier molecular flexibility index (Phi) is 5.11. The zero-order valence-corrected chi connectivity index (χ0v) is 17.2. The lowest BCUT2D eigenvalue weighted by atomic mass is 10.1. The number of H-pyrrole nitrogens is 1. The third-order valence-corrected chi connectivity index (χ3v) is 7.48. The molecule has 1 fully saturated rings. The van der Waals surface area contributed by atoms with E-state index in [2.05, 4.69) is 9.97 Å². The lowest BCUT2D eigenvalue weighted by Gasteiger charge is -2.26. The summed E-state index contributed by atoms with van der Waals surface area (Å²) < 4.78 is 24.8. The summed E-state index contributed by atoms with van der Waals surface area (Å²) >= 11 is 1.57. The highest BCUT2D eigenvalue weighted by Crippen LogP contribution is 2.26. The third kappa shape index (κ3) is 3.89. The molecule has 1 atom stereocenters. The van der Waals surface area contributed by atoms with E-state index < -0.39 is 10.0 Å². The van der Waals surface area contributed by atoms with Gasteiger partial charge in [0.1, 0.15) is 5.82 Å². The zero-order chi connectivity index (χ0) is 19.9. The number of nitrogens with one attached hydrogen (secondary N) is 1. The second-order valence-electron chi connectivity index (χ2n) is 7.30. The molecule has 1 saturated heterocycles. The first kappa shape index (κ1) is 19.3. The van der Waals surface area contributed by atoms with Gasteiger partial charge in [-0.2, -0.15) is 4.31 Å². The quantitative estimate of drug-likeness (QED) is 0.782. The predicted octanol–water partition coefficient (Wildman–Crippen LogP) is 0.708. The number of sulfonamides is 1. The Morgan fingerprint density at radius 1 is 1.39 bits per heavy atom. The minimum Gasteiger partial charge on any atom is -0.342 e. The lowest BCUT2D eigenvalue weighted by molar-refractivity contribution is -0.129. The summed E-state index contributed by atoms with van der Waals surface area (Å²) in [6.07, 6.45) is 2.73. The van der Waals surface area contributed by atoms with Gasteiger partial charge in [-0.1, -0.05) is 6.07 Å². The van der Waals surface area contributed by atoms with Gasteiger partial charge in [-0.15, -0.1) is 11.3 Å². The maximum Gasteiger partial charge on any atom is 0.255 e. The molecule has 0 aliphatic carbocycles. The molecule has 0 bridgehead atoms. The first-order valence-electron chi connectivity index (χ1n) is 9.18. The number of carbonyl (C=O) groups is 1. The second kappa shape index (κ2) is 7.41. The first-order valence-corrected chi connectivity index (χ1v) is 11.9. The SMILES string of the molecule is CS(=O)(=O)N1CCc2nc([C@H]3CCN(C(=O)Cc4cccs4)C3)[nH]c(=O)c2C1. The smallest absolute Gasteiger partial charge is 0.255 e. The van der Waals surface area contributed by atoms with Crippen LogP contribution in [0.2, 0.25) is 0 Å². The number of hydrogen-bond donors (Lipinski definition) is 1. The lowest BCUT2D eigenvalue weighted by Crippen LogP contribution is -2.39. The minimum absolute atomic E-state index is 0.00165. The molecule has 2 aliphatic rings. The van der Waals surface area contributed by atoms with Crippen LogP contribution in [-0.2, 0) is 34.2 Å². The summed E-state index contributed by atoms with van der Waals surface area (Å²) in [6, 6.07) is 3.89. The normalized spacial score (nSPS) is 20.3. The van der Waals surface area contributed by atoms with Crippen molar-refractivity contribution in [2.24, 2.45) is 0 Å². The number of nitrogens with zero attached hydrogens (tertiary/aromatic N) is 3. The number of amides is 1. The van der Waals surface area contributed by atoms with Crippen LogP contribution in [0.5, 0.6) is 0 Å². The molecule has 0 aromatic carbocycles. The zero-order valence-electron chi connectivity index (χ0n) is 15.6. The van der Waals surface area contributed by atoms with Crippen molar-refractivity contribution in [3.63, 3.8) is 0 Å². The monoisotopic (exact) mass is 422 g/mol. The van der Waals surface area contributed by atoms with Crippen LogP contribution in [0.4, 0.5) is 0 Å². The highest BCUT2D eigenvalue weighted by molar-refractivity contribution is 7.88. The van der Waals surface area contributed by atoms with Gasteiger partial charge in [-0.25, -0.2) is 13.4 Å². The number of rotatable bonds is 4. The molecule has 8 nitrogen and oxygen atoms in total. The predicted molar refractivity (Wildman–Crippen MR) is 106 cm³/mol. The van der Waals surface area contributed by atoms with Crippen LogP contribution in [0.15, 0.2) is 22.3 Å². The molecule has 2 aromatic rings. The van der Waals surface area contributed by atoms with E-state index in [4.69, 9.17) is 0 Å². The number of likely N-dealkylation sites (tertiary alicyclic amines) is 1. The molecule has 1 N–H and O–H groups in total. The van der Waals surface area contributed by atoms with Crippen molar-refractivity contribution in [2.75, 3.05) is 25.9 Å². The summed E-state index contributed by atoms with van der Waals surface area (Å²) in [5, 5.41) is 1.96. The molecule has 0 spiro atoms. The fourth-order valence-electron chi connectivity index (χ4n) is 3.78. The molecular formula is C18H22N4O4S2. The van der Waals surface area contributed by atoms with Crippen molar-refractivity contribution in [1.82, 2.24) is 19.2 Å². The van der Waals surface area contributed by atoms with E-state index in [0.717, 1.165) is 17.6 Å².